The minimum Gasteiger partial charge on any atom is -0.357 e. The van der Waals surface area contributed by atoms with E-state index >= 15 is 0 Å². The predicted octanol–water partition coefficient (Wildman–Crippen LogP) is 2.10. The van der Waals surface area contributed by atoms with Crippen molar-refractivity contribution in [2.45, 2.75) is 33.6 Å². The number of hydrogen-bond donors (Lipinski definition) is 1. The van der Waals surface area contributed by atoms with E-state index < -0.39 is 0 Å². The number of aromatic nitrogens is 2. The van der Waals surface area contributed by atoms with Crippen LogP contribution in [0.25, 0.3) is 11.0 Å². The lowest BCUT2D eigenvalue weighted by molar-refractivity contribution is 0.861. The second-order valence-corrected chi connectivity index (χ2v) is 4.41. The molecule has 0 saturated heterocycles. The number of rotatable bonds is 1. The van der Waals surface area contributed by atoms with Crippen molar-refractivity contribution in [1.82, 2.24) is 9.97 Å². The van der Waals surface area contributed by atoms with Crippen molar-refractivity contribution in [3.05, 3.63) is 22.9 Å². The van der Waals surface area contributed by atoms with Gasteiger partial charge in [0.25, 0.3) is 0 Å². The Labute approximate surface area is 91.5 Å². The van der Waals surface area contributed by atoms with Crippen molar-refractivity contribution in [1.29, 1.82) is 0 Å². The number of aromatic amines is 1. The third-order valence-corrected chi connectivity index (χ3v) is 2.81. The Hall–Kier alpha value is -1.25. The van der Waals surface area contributed by atoms with Crippen LogP contribution in [0.15, 0.2) is 6.07 Å². The number of fused-ring (bicyclic) bond motifs is 1. The van der Waals surface area contributed by atoms with Gasteiger partial charge in [0.2, 0.25) is 0 Å². The largest absolute Gasteiger partial charge is 0.357 e. The van der Waals surface area contributed by atoms with Crippen molar-refractivity contribution in [3.63, 3.8) is 0 Å². The minimum absolute atomic E-state index is 0.466. The van der Waals surface area contributed by atoms with Crippen molar-refractivity contribution in [2.24, 2.45) is 0 Å². The quantitative estimate of drug-likeness (QED) is 0.698. The Bertz CT molecular complexity index is 512. The van der Waals surface area contributed by atoms with Crippen LogP contribution in [0, 0.1) is 13.8 Å². The van der Waals surface area contributed by atoms with Gasteiger partial charge in [0.1, 0.15) is 7.85 Å². The fourth-order valence-electron chi connectivity index (χ4n) is 2.08. The van der Waals surface area contributed by atoms with E-state index in [2.05, 4.69) is 36.8 Å². The second kappa shape index (κ2) is 3.40. The Balaban J connectivity index is 2.81. The van der Waals surface area contributed by atoms with E-state index in [4.69, 9.17) is 7.85 Å². The van der Waals surface area contributed by atoms with Gasteiger partial charge in [-0.25, -0.2) is 0 Å². The molecule has 2 heterocycles. The third-order valence-electron chi connectivity index (χ3n) is 2.81. The summed E-state index contributed by atoms with van der Waals surface area (Å²) in [7, 11) is 5.84. The van der Waals surface area contributed by atoms with Crippen LogP contribution < -0.4 is 5.59 Å². The smallest absolute Gasteiger partial charge is 0.142 e. The van der Waals surface area contributed by atoms with Crippen LogP contribution in [-0.4, -0.2) is 17.8 Å². The molecule has 0 aromatic carbocycles. The number of nitrogens with zero attached hydrogens (tertiary/aromatic N) is 1. The molecule has 0 aliphatic rings. The van der Waals surface area contributed by atoms with Gasteiger partial charge in [-0.15, -0.1) is 0 Å². The molecule has 0 spiro atoms. The molecule has 2 rings (SSSR count). The predicted molar refractivity (Wildman–Crippen MR) is 65.0 cm³/mol. The lowest BCUT2D eigenvalue weighted by atomic mass is 9.96. The summed E-state index contributed by atoms with van der Waals surface area (Å²) in [5.74, 6) is 0.466. The van der Waals surface area contributed by atoms with E-state index in [0.29, 0.717) is 11.5 Å². The number of nitrogens with one attached hydrogen (secondary N) is 1. The zero-order valence-electron chi connectivity index (χ0n) is 9.68. The molecule has 0 aliphatic carbocycles. The molecule has 2 radical (unpaired) electrons. The van der Waals surface area contributed by atoms with Crippen LogP contribution in [0.3, 0.4) is 0 Å². The maximum atomic E-state index is 5.84. The van der Waals surface area contributed by atoms with Crippen LogP contribution in [0.4, 0.5) is 0 Å². The molecule has 2 aromatic rings. The number of aryl methyl sites for hydroxylation is 2. The first-order chi connectivity index (χ1) is 7.00. The van der Waals surface area contributed by atoms with E-state index in [1.807, 2.05) is 6.92 Å². The lowest BCUT2D eigenvalue weighted by Crippen LogP contribution is -2.12. The third kappa shape index (κ3) is 1.56. The molecule has 1 N–H and O–H groups in total. The number of pyridine rings is 1. The standard InChI is InChI=1S/C12H15BN2/c1-6(2)10-8(4)14-9-5-7(3)12(13)15-11(9)10/h5-6,14H,1-4H3. The summed E-state index contributed by atoms with van der Waals surface area (Å²) in [6.45, 7) is 8.41. The molecule has 0 fully saturated rings. The molecule has 0 unspecified atom stereocenters. The van der Waals surface area contributed by atoms with Crippen LogP contribution >= 0.6 is 0 Å². The van der Waals surface area contributed by atoms with Gasteiger partial charge in [0.05, 0.1) is 11.0 Å². The topological polar surface area (TPSA) is 28.7 Å². The second-order valence-electron chi connectivity index (χ2n) is 4.41. The first-order valence-corrected chi connectivity index (χ1v) is 5.26. The van der Waals surface area contributed by atoms with Crippen molar-refractivity contribution >= 4 is 24.5 Å². The average molecular weight is 198 g/mol. The molecule has 15 heavy (non-hydrogen) atoms. The van der Waals surface area contributed by atoms with Gasteiger partial charge in [-0.2, -0.15) is 0 Å². The fraction of sp³-hybridized carbons (Fsp3) is 0.417. The molecule has 0 bridgehead atoms. The zero-order valence-corrected chi connectivity index (χ0v) is 9.68. The molecule has 0 aliphatic heterocycles. The zero-order chi connectivity index (χ0) is 11.2. The number of H-pyrrole nitrogens is 1. The first-order valence-electron chi connectivity index (χ1n) is 5.26. The van der Waals surface area contributed by atoms with Crippen molar-refractivity contribution in [3.8, 4) is 0 Å². The maximum absolute atomic E-state index is 5.84. The minimum atomic E-state index is 0.466. The van der Waals surface area contributed by atoms with Gasteiger partial charge in [-0.1, -0.05) is 13.8 Å². The van der Waals surface area contributed by atoms with Gasteiger partial charge in [-0.3, -0.25) is 4.98 Å². The summed E-state index contributed by atoms with van der Waals surface area (Å²) < 4.78 is 0. The average Bonchev–Trinajstić information content (AvgIpc) is 2.41. The first kappa shape index (κ1) is 10.3. The number of hydrogen-bond acceptors (Lipinski definition) is 1. The van der Waals surface area contributed by atoms with Gasteiger partial charge < -0.3 is 4.98 Å². The molecule has 0 atom stereocenters. The Kier molecular flexibility index (Phi) is 2.33. The van der Waals surface area contributed by atoms with E-state index in [-0.39, 0.29) is 0 Å². The highest BCUT2D eigenvalue weighted by Gasteiger charge is 2.13. The normalized spacial score (nSPS) is 11.5. The summed E-state index contributed by atoms with van der Waals surface area (Å²) in [6.07, 6.45) is 0. The molecule has 0 amide bonds. The highest BCUT2D eigenvalue weighted by Crippen LogP contribution is 2.26. The Morgan fingerprint density at radius 1 is 1.33 bits per heavy atom. The molecular weight excluding hydrogens is 183 g/mol. The van der Waals surface area contributed by atoms with E-state index in [0.717, 1.165) is 16.6 Å². The maximum Gasteiger partial charge on any atom is 0.142 e. The monoisotopic (exact) mass is 198 g/mol. The van der Waals surface area contributed by atoms with E-state index in [9.17, 15) is 0 Å². The van der Waals surface area contributed by atoms with Gasteiger partial charge in [-0.05, 0) is 37.0 Å². The van der Waals surface area contributed by atoms with Gasteiger partial charge in [0.15, 0.2) is 0 Å². The lowest BCUT2D eigenvalue weighted by Gasteiger charge is -2.05. The summed E-state index contributed by atoms with van der Waals surface area (Å²) in [6, 6.07) is 2.07. The van der Waals surface area contributed by atoms with E-state index in [1.165, 1.54) is 11.3 Å². The van der Waals surface area contributed by atoms with Crippen LogP contribution in [0.5, 0.6) is 0 Å². The fourth-order valence-corrected chi connectivity index (χ4v) is 2.08. The Morgan fingerprint density at radius 2 is 2.00 bits per heavy atom. The molecule has 2 nitrogen and oxygen atoms in total. The molecule has 0 saturated carbocycles. The summed E-state index contributed by atoms with van der Waals surface area (Å²) >= 11 is 0. The van der Waals surface area contributed by atoms with Crippen LogP contribution in [0.2, 0.25) is 0 Å². The highest BCUT2D eigenvalue weighted by molar-refractivity contribution is 6.32. The summed E-state index contributed by atoms with van der Waals surface area (Å²) in [4.78, 5) is 7.82. The van der Waals surface area contributed by atoms with E-state index in [1.54, 1.807) is 0 Å². The Morgan fingerprint density at radius 3 is 2.60 bits per heavy atom. The molecule has 76 valence electrons. The van der Waals surface area contributed by atoms with Gasteiger partial charge in [0, 0.05) is 11.3 Å². The van der Waals surface area contributed by atoms with Crippen LogP contribution in [-0.2, 0) is 0 Å². The summed E-state index contributed by atoms with van der Waals surface area (Å²) in [5.41, 5.74) is 6.23. The highest BCUT2D eigenvalue weighted by atomic mass is 14.8. The molecule has 2 aromatic heterocycles. The van der Waals surface area contributed by atoms with Crippen molar-refractivity contribution < 1.29 is 0 Å². The van der Waals surface area contributed by atoms with Crippen molar-refractivity contribution in [2.75, 3.05) is 0 Å². The van der Waals surface area contributed by atoms with Gasteiger partial charge >= 0.3 is 0 Å². The SMILES string of the molecule is [B]c1nc2c(C(C)C)c(C)[nH]c2cc1C. The van der Waals surface area contributed by atoms with Crippen LogP contribution in [0.1, 0.15) is 36.6 Å². The molecule has 3 heteroatoms. The molecular formula is C12H15BN2. The summed E-state index contributed by atoms with van der Waals surface area (Å²) in [5, 5.41) is 0.